The minimum absolute atomic E-state index is 0.645. The standard InChI is InChI=1S/C11H13FN2O6/c1-9(18)7(14-3-2-5(15)13-8(14)17)20-10(4-12)6(16)11(9,10)19/h2-3,6-7,16,18-19H,4H2,1H3,(H,13,15,17)/t6?,7-,9+,10-,11+/m1/s1. The van der Waals surface area contributed by atoms with Gasteiger partial charge in [0.15, 0.2) is 17.4 Å². The van der Waals surface area contributed by atoms with Gasteiger partial charge in [0, 0.05) is 12.3 Å². The highest BCUT2D eigenvalue weighted by atomic mass is 19.1. The fourth-order valence-corrected chi connectivity index (χ4v) is 2.98. The number of H-pyrrole nitrogens is 1. The number of nitrogens with one attached hydrogen (secondary N) is 1. The lowest BCUT2D eigenvalue weighted by molar-refractivity contribution is -0.168. The molecule has 110 valence electrons. The number of aromatic amines is 1. The molecule has 1 unspecified atom stereocenters. The molecule has 0 spiro atoms. The second-order valence-corrected chi connectivity index (χ2v) is 5.33. The quantitative estimate of drug-likeness (QED) is 0.482. The smallest absolute Gasteiger partial charge is 0.330 e. The predicted molar refractivity (Wildman–Crippen MR) is 61.7 cm³/mol. The van der Waals surface area contributed by atoms with Gasteiger partial charge in [0.2, 0.25) is 0 Å². The number of hydrogen-bond donors (Lipinski definition) is 4. The van der Waals surface area contributed by atoms with Crippen molar-refractivity contribution in [2.45, 2.75) is 36.1 Å². The molecule has 2 heterocycles. The van der Waals surface area contributed by atoms with Crippen molar-refractivity contribution in [3.8, 4) is 0 Å². The van der Waals surface area contributed by atoms with Gasteiger partial charge >= 0.3 is 5.69 Å². The van der Waals surface area contributed by atoms with E-state index in [4.69, 9.17) is 4.74 Å². The Morgan fingerprint density at radius 1 is 1.50 bits per heavy atom. The first-order valence-electron chi connectivity index (χ1n) is 5.90. The molecule has 0 aromatic carbocycles. The second kappa shape index (κ2) is 3.55. The van der Waals surface area contributed by atoms with E-state index in [1.807, 2.05) is 4.98 Å². The normalized spacial score (nSPS) is 46.2. The van der Waals surface area contributed by atoms with Crippen LogP contribution in [0.4, 0.5) is 4.39 Å². The van der Waals surface area contributed by atoms with Crippen LogP contribution in [-0.4, -0.2) is 54.5 Å². The van der Waals surface area contributed by atoms with E-state index in [2.05, 4.69) is 0 Å². The van der Waals surface area contributed by atoms with Gasteiger partial charge in [-0.15, -0.1) is 0 Å². The summed E-state index contributed by atoms with van der Waals surface area (Å²) in [5, 5.41) is 30.3. The Morgan fingerprint density at radius 3 is 2.65 bits per heavy atom. The van der Waals surface area contributed by atoms with Crippen molar-refractivity contribution in [3.05, 3.63) is 33.1 Å². The summed E-state index contributed by atoms with van der Waals surface area (Å²) in [5.74, 6) is 0. The topological polar surface area (TPSA) is 125 Å². The molecule has 0 bridgehead atoms. The number of rotatable bonds is 2. The Hall–Kier alpha value is -1.55. The summed E-state index contributed by atoms with van der Waals surface area (Å²) in [5.41, 5.74) is -7.81. The number of aliphatic hydroxyl groups is 3. The number of hydrogen-bond acceptors (Lipinski definition) is 6. The van der Waals surface area contributed by atoms with Gasteiger partial charge in [-0.3, -0.25) is 14.3 Å². The molecule has 1 aliphatic heterocycles. The molecule has 1 aliphatic carbocycles. The highest BCUT2D eigenvalue weighted by Crippen LogP contribution is 2.66. The van der Waals surface area contributed by atoms with Crippen molar-refractivity contribution in [1.29, 1.82) is 0 Å². The summed E-state index contributed by atoms with van der Waals surface area (Å²) in [4.78, 5) is 24.7. The minimum atomic E-state index is -2.21. The van der Waals surface area contributed by atoms with E-state index in [0.29, 0.717) is 0 Å². The van der Waals surface area contributed by atoms with Gasteiger partial charge in [0.25, 0.3) is 5.56 Å². The van der Waals surface area contributed by atoms with E-state index >= 15 is 0 Å². The largest absolute Gasteiger partial charge is 0.387 e. The lowest BCUT2D eigenvalue weighted by Gasteiger charge is -2.32. The molecular formula is C11H13FN2O6. The third-order valence-corrected chi connectivity index (χ3v) is 4.28. The molecule has 5 atom stereocenters. The molecule has 2 fully saturated rings. The number of ether oxygens (including phenoxy) is 1. The molecule has 0 radical (unpaired) electrons. The third kappa shape index (κ3) is 1.19. The van der Waals surface area contributed by atoms with Gasteiger partial charge in [0.05, 0.1) is 0 Å². The molecule has 1 saturated carbocycles. The van der Waals surface area contributed by atoms with Gasteiger partial charge in [-0.1, -0.05) is 0 Å². The Bertz CT molecular complexity index is 684. The van der Waals surface area contributed by atoms with Crippen LogP contribution >= 0.6 is 0 Å². The molecule has 3 rings (SSSR count). The molecule has 2 aliphatic rings. The van der Waals surface area contributed by atoms with Crippen molar-refractivity contribution in [1.82, 2.24) is 9.55 Å². The van der Waals surface area contributed by atoms with E-state index < -0.39 is 47.1 Å². The summed E-state index contributed by atoms with van der Waals surface area (Å²) in [7, 11) is 0. The third-order valence-electron chi connectivity index (χ3n) is 4.28. The highest BCUT2D eigenvalue weighted by molar-refractivity contribution is 5.39. The molecule has 1 aromatic heterocycles. The molecule has 4 N–H and O–H groups in total. The zero-order valence-electron chi connectivity index (χ0n) is 10.4. The van der Waals surface area contributed by atoms with Gasteiger partial charge in [-0.05, 0) is 6.92 Å². The molecular weight excluding hydrogens is 275 g/mol. The van der Waals surface area contributed by atoms with Crippen LogP contribution in [0.15, 0.2) is 21.9 Å². The van der Waals surface area contributed by atoms with Crippen molar-refractivity contribution in [2.75, 3.05) is 6.67 Å². The SMILES string of the molecule is C[C@]1(O)[C@H](n2ccc(=O)[nH]c2=O)O[C@]2(CF)C(O)[C@]12O. The molecule has 8 nitrogen and oxygen atoms in total. The fourth-order valence-electron chi connectivity index (χ4n) is 2.98. The Morgan fingerprint density at radius 2 is 2.15 bits per heavy atom. The van der Waals surface area contributed by atoms with E-state index in [0.717, 1.165) is 23.8 Å². The van der Waals surface area contributed by atoms with Crippen molar-refractivity contribution in [2.24, 2.45) is 0 Å². The van der Waals surface area contributed by atoms with Crippen LogP contribution in [-0.2, 0) is 4.74 Å². The number of aromatic nitrogens is 2. The van der Waals surface area contributed by atoms with Crippen LogP contribution < -0.4 is 11.2 Å². The number of aliphatic hydroxyl groups excluding tert-OH is 1. The van der Waals surface area contributed by atoms with Crippen LogP contribution in [0.1, 0.15) is 13.2 Å². The average Bonchev–Trinajstić information content (AvgIpc) is 2.78. The van der Waals surface area contributed by atoms with Gasteiger partial charge in [0.1, 0.15) is 18.4 Å². The molecule has 9 heteroatoms. The first-order valence-corrected chi connectivity index (χ1v) is 5.90. The highest BCUT2D eigenvalue weighted by Gasteiger charge is 2.91. The van der Waals surface area contributed by atoms with Crippen LogP contribution in [0, 0.1) is 0 Å². The Balaban J connectivity index is 2.10. The number of alkyl halides is 1. The molecule has 20 heavy (non-hydrogen) atoms. The van der Waals surface area contributed by atoms with Crippen molar-refractivity contribution < 1.29 is 24.4 Å². The summed E-state index contributed by atoms with van der Waals surface area (Å²) in [6.07, 6.45) is -1.96. The molecule has 0 amide bonds. The lowest BCUT2D eigenvalue weighted by Crippen LogP contribution is -2.51. The van der Waals surface area contributed by atoms with E-state index in [-0.39, 0.29) is 0 Å². The summed E-state index contributed by atoms with van der Waals surface area (Å²) in [6.45, 7) is -0.0989. The number of nitrogens with zero attached hydrogens (tertiary/aromatic N) is 1. The first-order chi connectivity index (χ1) is 9.22. The predicted octanol–water partition coefficient (Wildman–Crippen LogP) is -2.37. The van der Waals surface area contributed by atoms with Gasteiger partial charge in [-0.2, -0.15) is 0 Å². The van der Waals surface area contributed by atoms with E-state index in [9.17, 15) is 29.3 Å². The summed E-state index contributed by atoms with van der Waals surface area (Å²) < 4.78 is 19.2. The summed E-state index contributed by atoms with van der Waals surface area (Å²) in [6, 6.07) is 1.02. The Labute approximate surface area is 111 Å². The maximum atomic E-state index is 13.1. The average molecular weight is 288 g/mol. The van der Waals surface area contributed by atoms with Crippen molar-refractivity contribution >= 4 is 0 Å². The first kappa shape index (κ1) is 13.4. The van der Waals surface area contributed by atoms with E-state index in [1.54, 1.807) is 0 Å². The monoisotopic (exact) mass is 288 g/mol. The van der Waals surface area contributed by atoms with Crippen LogP contribution in [0.25, 0.3) is 0 Å². The van der Waals surface area contributed by atoms with Crippen LogP contribution in [0.5, 0.6) is 0 Å². The second-order valence-electron chi connectivity index (χ2n) is 5.33. The fraction of sp³-hybridized carbons (Fsp3) is 0.636. The maximum absolute atomic E-state index is 13.1. The van der Waals surface area contributed by atoms with Crippen LogP contribution in [0.3, 0.4) is 0 Å². The lowest BCUT2D eigenvalue weighted by atomic mass is 9.94. The number of halogens is 1. The van der Waals surface area contributed by atoms with Crippen molar-refractivity contribution in [3.63, 3.8) is 0 Å². The Kier molecular flexibility index (Phi) is 2.39. The van der Waals surface area contributed by atoms with Crippen LogP contribution in [0.2, 0.25) is 0 Å². The molecule has 1 aromatic rings. The maximum Gasteiger partial charge on any atom is 0.330 e. The molecule has 1 saturated heterocycles. The van der Waals surface area contributed by atoms with E-state index in [1.165, 1.54) is 0 Å². The number of fused-ring (bicyclic) bond motifs is 1. The zero-order valence-corrected chi connectivity index (χ0v) is 10.4. The zero-order chi connectivity index (χ0) is 14.9. The minimum Gasteiger partial charge on any atom is -0.387 e. The van der Waals surface area contributed by atoms with Gasteiger partial charge in [-0.25, -0.2) is 9.18 Å². The van der Waals surface area contributed by atoms with Gasteiger partial charge < -0.3 is 20.1 Å². The summed E-state index contributed by atoms with van der Waals surface area (Å²) >= 11 is 0.